The van der Waals surface area contributed by atoms with Crippen LogP contribution in [0.15, 0.2) is 42.5 Å². The van der Waals surface area contributed by atoms with Crippen LogP contribution in [0.4, 0.5) is 4.39 Å². The molecule has 1 radical (unpaired) electrons. The topological polar surface area (TPSA) is 33.0 Å². The largest absolute Gasteiger partial charge is 0.454 e. The number of rotatable bonds is 2. The van der Waals surface area contributed by atoms with Crippen LogP contribution in [0.2, 0.25) is 0 Å². The predicted octanol–water partition coefficient (Wildman–Crippen LogP) is 3.29. The molecule has 0 amide bonds. The summed E-state index contributed by atoms with van der Waals surface area (Å²) in [7, 11) is 0. The van der Waals surface area contributed by atoms with Gasteiger partial charge in [-0.2, -0.15) is 5.26 Å². The summed E-state index contributed by atoms with van der Waals surface area (Å²) in [5.74, 6) is 0.0828. The van der Waals surface area contributed by atoms with Gasteiger partial charge < -0.3 is 4.74 Å². The fourth-order valence-corrected chi connectivity index (χ4v) is 1.22. The van der Waals surface area contributed by atoms with Crippen molar-refractivity contribution >= 4 is 0 Å². The second-order valence-corrected chi connectivity index (χ2v) is 3.09. The van der Waals surface area contributed by atoms with Crippen LogP contribution in [-0.2, 0) is 0 Å². The van der Waals surface area contributed by atoms with Crippen LogP contribution in [0, 0.1) is 23.2 Å². The molecule has 2 rings (SSSR count). The van der Waals surface area contributed by atoms with Gasteiger partial charge in [0.15, 0.2) is 11.6 Å². The maximum Gasteiger partial charge on any atom is 0.167 e. The molecule has 0 unspecified atom stereocenters. The highest BCUT2D eigenvalue weighted by atomic mass is 19.1. The fraction of sp³-hybridized carbons (Fsp3) is 0. The molecular weight excluding hydrogens is 205 g/mol. The zero-order chi connectivity index (χ0) is 11.4. The Morgan fingerprint density at radius 2 is 1.94 bits per heavy atom. The molecule has 0 saturated heterocycles. The lowest BCUT2D eigenvalue weighted by atomic mass is 10.2. The highest BCUT2D eigenvalue weighted by Crippen LogP contribution is 2.24. The quantitative estimate of drug-likeness (QED) is 0.765. The van der Waals surface area contributed by atoms with Gasteiger partial charge in [-0.1, -0.05) is 12.1 Å². The third-order valence-electron chi connectivity index (χ3n) is 1.98. The van der Waals surface area contributed by atoms with Crippen molar-refractivity contribution < 1.29 is 9.13 Å². The van der Waals surface area contributed by atoms with E-state index in [1.807, 2.05) is 6.07 Å². The number of hydrogen-bond acceptors (Lipinski definition) is 2. The lowest BCUT2D eigenvalue weighted by Gasteiger charge is -2.06. The van der Waals surface area contributed by atoms with E-state index < -0.39 is 5.82 Å². The van der Waals surface area contributed by atoms with Crippen molar-refractivity contribution in [2.45, 2.75) is 0 Å². The predicted molar refractivity (Wildman–Crippen MR) is 56.5 cm³/mol. The summed E-state index contributed by atoms with van der Waals surface area (Å²) in [6.07, 6.45) is 0. The molecule has 3 heteroatoms. The van der Waals surface area contributed by atoms with Crippen LogP contribution >= 0.6 is 0 Å². The third-order valence-corrected chi connectivity index (χ3v) is 1.98. The van der Waals surface area contributed by atoms with E-state index in [0.717, 1.165) is 6.07 Å². The standard InChI is InChI=1S/C13H7FNO/c14-12-8-10(9-15)6-7-13(12)16-11-4-2-1-3-5-11/h2-8H. The van der Waals surface area contributed by atoms with Gasteiger partial charge in [-0.15, -0.1) is 0 Å². The summed E-state index contributed by atoms with van der Waals surface area (Å²) in [6, 6.07) is 15.5. The van der Waals surface area contributed by atoms with Crippen molar-refractivity contribution in [2.75, 3.05) is 0 Å². The molecule has 0 N–H and O–H groups in total. The molecule has 2 nitrogen and oxygen atoms in total. The smallest absolute Gasteiger partial charge is 0.167 e. The molecule has 0 fully saturated rings. The normalized spacial score (nSPS) is 9.50. The van der Waals surface area contributed by atoms with E-state index in [0.29, 0.717) is 5.75 Å². The van der Waals surface area contributed by atoms with Crippen LogP contribution in [0.5, 0.6) is 11.5 Å². The van der Waals surface area contributed by atoms with E-state index in [4.69, 9.17) is 10.00 Å². The summed E-state index contributed by atoms with van der Waals surface area (Å²) >= 11 is 0. The first-order valence-corrected chi connectivity index (χ1v) is 4.63. The lowest BCUT2D eigenvalue weighted by molar-refractivity contribution is 0.442. The van der Waals surface area contributed by atoms with Gasteiger partial charge in [0.2, 0.25) is 0 Å². The number of benzene rings is 2. The molecule has 2 aromatic rings. The van der Waals surface area contributed by atoms with E-state index in [-0.39, 0.29) is 11.3 Å². The summed E-state index contributed by atoms with van der Waals surface area (Å²) in [6.45, 7) is 0. The molecule has 0 atom stereocenters. The summed E-state index contributed by atoms with van der Waals surface area (Å²) in [4.78, 5) is 0. The lowest BCUT2D eigenvalue weighted by Crippen LogP contribution is -1.88. The molecule has 16 heavy (non-hydrogen) atoms. The molecule has 0 bridgehead atoms. The van der Waals surface area contributed by atoms with Gasteiger partial charge >= 0.3 is 0 Å². The molecule has 0 heterocycles. The van der Waals surface area contributed by atoms with Crippen molar-refractivity contribution in [1.29, 1.82) is 5.26 Å². The first-order chi connectivity index (χ1) is 7.79. The minimum Gasteiger partial charge on any atom is -0.454 e. The van der Waals surface area contributed by atoms with E-state index in [1.165, 1.54) is 12.1 Å². The fourth-order valence-electron chi connectivity index (χ4n) is 1.22. The van der Waals surface area contributed by atoms with Gasteiger partial charge in [0.05, 0.1) is 11.6 Å². The summed E-state index contributed by atoms with van der Waals surface area (Å²) in [5, 5.41) is 8.58. The third kappa shape index (κ3) is 2.18. The Labute approximate surface area is 92.5 Å². The number of nitriles is 1. The Kier molecular flexibility index (Phi) is 2.84. The Balaban J connectivity index is 2.27. The summed E-state index contributed by atoms with van der Waals surface area (Å²) < 4.78 is 18.7. The zero-order valence-corrected chi connectivity index (χ0v) is 8.27. The van der Waals surface area contributed by atoms with E-state index in [9.17, 15) is 4.39 Å². The number of hydrogen-bond donors (Lipinski definition) is 0. The van der Waals surface area contributed by atoms with Crippen molar-refractivity contribution in [3.05, 3.63) is 59.9 Å². The number of nitrogens with zero attached hydrogens (tertiary/aromatic N) is 1. The Morgan fingerprint density at radius 1 is 1.19 bits per heavy atom. The van der Waals surface area contributed by atoms with Crippen LogP contribution in [0.1, 0.15) is 5.56 Å². The summed E-state index contributed by atoms with van der Waals surface area (Å²) in [5.41, 5.74) is 0.270. The SMILES string of the molecule is N#Cc1ccc(Oc2cc[c]cc2)c(F)c1. The second kappa shape index (κ2) is 4.45. The monoisotopic (exact) mass is 212 g/mol. The Bertz CT molecular complexity index is 531. The minimum absolute atomic E-state index is 0.102. The molecule has 0 aliphatic carbocycles. The van der Waals surface area contributed by atoms with E-state index >= 15 is 0 Å². The second-order valence-electron chi connectivity index (χ2n) is 3.09. The van der Waals surface area contributed by atoms with Crippen LogP contribution in [0.25, 0.3) is 0 Å². The van der Waals surface area contributed by atoms with Crippen molar-refractivity contribution in [3.8, 4) is 17.6 Å². The first kappa shape index (κ1) is 10.2. The van der Waals surface area contributed by atoms with Crippen LogP contribution in [-0.4, -0.2) is 0 Å². The highest BCUT2D eigenvalue weighted by Gasteiger charge is 2.05. The van der Waals surface area contributed by atoms with Gasteiger partial charge in [-0.25, -0.2) is 4.39 Å². The van der Waals surface area contributed by atoms with Crippen LogP contribution in [0.3, 0.4) is 0 Å². The van der Waals surface area contributed by atoms with Gasteiger partial charge in [0.1, 0.15) is 5.75 Å². The maximum atomic E-state index is 13.4. The van der Waals surface area contributed by atoms with E-state index in [1.54, 1.807) is 24.3 Å². The van der Waals surface area contributed by atoms with Crippen molar-refractivity contribution in [3.63, 3.8) is 0 Å². The van der Waals surface area contributed by atoms with Gasteiger partial charge in [-0.05, 0) is 36.4 Å². The molecule has 0 aliphatic heterocycles. The number of halogens is 1. The first-order valence-electron chi connectivity index (χ1n) is 4.63. The van der Waals surface area contributed by atoms with Crippen molar-refractivity contribution in [2.24, 2.45) is 0 Å². The van der Waals surface area contributed by atoms with Crippen LogP contribution < -0.4 is 4.74 Å². The molecule has 2 aromatic carbocycles. The van der Waals surface area contributed by atoms with Gasteiger partial charge in [0, 0.05) is 0 Å². The minimum atomic E-state index is -0.549. The maximum absolute atomic E-state index is 13.4. The van der Waals surface area contributed by atoms with E-state index in [2.05, 4.69) is 6.07 Å². The Morgan fingerprint density at radius 3 is 2.56 bits per heavy atom. The molecular formula is C13H7FNO. The Hall–Kier alpha value is -2.34. The average molecular weight is 212 g/mol. The number of ether oxygens (including phenoxy) is 1. The molecule has 77 valence electrons. The zero-order valence-electron chi connectivity index (χ0n) is 8.27. The average Bonchev–Trinajstić information content (AvgIpc) is 2.33. The van der Waals surface area contributed by atoms with Crippen molar-refractivity contribution in [1.82, 2.24) is 0 Å². The molecule has 0 saturated carbocycles. The highest BCUT2D eigenvalue weighted by molar-refractivity contribution is 5.38. The van der Waals surface area contributed by atoms with Gasteiger partial charge in [-0.3, -0.25) is 0 Å². The molecule has 0 spiro atoms. The van der Waals surface area contributed by atoms with Gasteiger partial charge in [0.25, 0.3) is 0 Å². The molecule has 0 aliphatic rings. The molecule has 0 aromatic heterocycles.